The molecule has 0 radical (unpaired) electrons. The van der Waals surface area contributed by atoms with Crippen molar-refractivity contribution in [1.29, 1.82) is 0 Å². The first kappa shape index (κ1) is 20.3. The molecule has 1 aromatic heterocycles. The van der Waals surface area contributed by atoms with E-state index in [1.54, 1.807) is 24.3 Å². The van der Waals surface area contributed by atoms with Crippen LogP contribution in [0.2, 0.25) is 0 Å². The van der Waals surface area contributed by atoms with Crippen LogP contribution >= 0.6 is 11.8 Å². The van der Waals surface area contributed by atoms with E-state index in [1.165, 1.54) is 30.1 Å². The van der Waals surface area contributed by atoms with Gasteiger partial charge in [-0.15, -0.1) is 0 Å². The predicted octanol–water partition coefficient (Wildman–Crippen LogP) is 3.87. The molecule has 8 nitrogen and oxygen atoms in total. The van der Waals surface area contributed by atoms with Crippen LogP contribution in [0.25, 0.3) is 17.1 Å². The van der Waals surface area contributed by atoms with E-state index in [0.29, 0.717) is 5.56 Å². The highest BCUT2D eigenvalue weighted by molar-refractivity contribution is 7.99. The Kier molecular flexibility index (Phi) is 6.75. The quantitative estimate of drug-likeness (QED) is 0.263. The summed E-state index contributed by atoms with van der Waals surface area (Å²) in [7, 11) is 0. The van der Waals surface area contributed by atoms with Crippen LogP contribution in [0, 0.1) is 10.1 Å². The van der Waals surface area contributed by atoms with E-state index in [2.05, 4.69) is 20.1 Å². The number of amides is 1. The Bertz CT molecular complexity index is 1090. The molecule has 148 valence electrons. The topological polar surface area (TPSA) is 102 Å². The van der Waals surface area contributed by atoms with Crippen molar-refractivity contribution in [2.24, 2.45) is 5.10 Å². The Morgan fingerprint density at radius 3 is 2.83 bits per heavy atom. The fourth-order valence-electron chi connectivity index (χ4n) is 2.73. The predicted molar refractivity (Wildman–Crippen MR) is 115 cm³/mol. The molecule has 29 heavy (non-hydrogen) atoms. The van der Waals surface area contributed by atoms with Gasteiger partial charge >= 0.3 is 0 Å². The molecule has 3 aromatic rings. The number of carbonyl (C=O) groups excluding carboxylic acids is 1. The summed E-state index contributed by atoms with van der Waals surface area (Å²) in [6, 6.07) is 14.2. The fourth-order valence-corrected chi connectivity index (χ4v) is 3.60. The zero-order valence-corrected chi connectivity index (χ0v) is 16.5. The van der Waals surface area contributed by atoms with Gasteiger partial charge in [0.1, 0.15) is 0 Å². The van der Waals surface area contributed by atoms with Crippen molar-refractivity contribution >= 4 is 46.7 Å². The van der Waals surface area contributed by atoms with Gasteiger partial charge in [0.25, 0.3) is 11.6 Å². The molecular weight excluding hydrogens is 390 g/mol. The molecule has 0 spiro atoms. The summed E-state index contributed by atoms with van der Waals surface area (Å²) in [6.07, 6.45) is 4.47. The molecule has 0 fully saturated rings. The van der Waals surface area contributed by atoms with Crippen molar-refractivity contribution in [1.82, 2.24) is 15.0 Å². The number of nitrogens with one attached hydrogen (secondary N) is 1. The molecular formula is C20H19N5O3S. The largest absolute Gasteiger partial charge is 0.319 e. The van der Waals surface area contributed by atoms with Gasteiger partial charge in [-0.25, -0.2) is 10.4 Å². The zero-order valence-electron chi connectivity index (χ0n) is 15.7. The molecule has 0 saturated carbocycles. The monoisotopic (exact) mass is 409 g/mol. The minimum absolute atomic E-state index is 0.0106. The molecule has 0 aliphatic carbocycles. The molecule has 0 saturated heterocycles. The van der Waals surface area contributed by atoms with E-state index in [4.69, 9.17) is 0 Å². The minimum Gasteiger partial charge on any atom is -0.319 e. The first-order valence-electron chi connectivity index (χ1n) is 8.90. The lowest BCUT2D eigenvalue weighted by molar-refractivity contribution is -0.385. The summed E-state index contributed by atoms with van der Waals surface area (Å²) < 4.78 is 2.06. The maximum absolute atomic E-state index is 12.0. The Labute approximate surface area is 171 Å². The summed E-state index contributed by atoms with van der Waals surface area (Å²) in [6.45, 7) is 2.80. The van der Waals surface area contributed by atoms with E-state index in [9.17, 15) is 14.9 Å². The van der Waals surface area contributed by atoms with E-state index in [1.807, 2.05) is 31.2 Å². The number of hydrogen-bond donors (Lipinski definition) is 1. The number of hydrogen-bond acceptors (Lipinski definition) is 6. The molecule has 0 unspecified atom stereocenters. The number of imidazole rings is 1. The van der Waals surface area contributed by atoms with E-state index in [0.717, 1.165) is 22.7 Å². The normalized spacial score (nSPS) is 11.5. The fraction of sp³-hybridized carbons (Fsp3) is 0.150. The molecule has 2 aromatic carbocycles. The second-order valence-corrected chi connectivity index (χ2v) is 6.85. The maximum Gasteiger partial charge on any atom is 0.276 e. The third-order valence-corrected chi connectivity index (χ3v) is 5.00. The average Bonchev–Trinajstić information content (AvgIpc) is 3.09. The first-order valence-corrected chi connectivity index (χ1v) is 9.88. The van der Waals surface area contributed by atoms with Crippen molar-refractivity contribution in [3.8, 4) is 0 Å². The lowest BCUT2D eigenvalue weighted by atomic mass is 10.2. The summed E-state index contributed by atoms with van der Waals surface area (Å²) in [5.41, 5.74) is 4.84. The number of allylic oxidation sites excluding steroid dienone is 1. The van der Waals surface area contributed by atoms with Crippen LogP contribution in [-0.2, 0) is 11.3 Å². The van der Waals surface area contributed by atoms with E-state index in [-0.39, 0.29) is 17.3 Å². The number of fused-ring (bicyclic) bond motifs is 1. The van der Waals surface area contributed by atoms with Crippen molar-refractivity contribution < 1.29 is 9.72 Å². The Morgan fingerprint density at radius 1 is 1.28 bits per heavy atom. The van der Waals surface area contributed by atoms with Gasteiger partial charge < -0.3 is 4.57 Å². The van der Waals surface area contributed by atoms with Crippen LogP contribution in [0.4, 0.5) is 5.69 Å². The number of hydrazone groups is 1. The van der Waals surface area contributed by atoms with Crippen molar-refractivity contribution in [2.45, 2.75) is 18.6 Å². The molecule has 0 aliphatic rings. The van der Waals surface area contributed by atoms with Crippen molar-refractivity contribution in [3.63, 3.8) is 0 Å². The van der Waals surface area contributed by atoms with Crippen LogP contribution < -0.4 is 5.43 Å². The van der Waals surface area contributed by atoms with Crippen molar-refractivity contribution in [2.75, 3.05) is 5.75 Å². The number of aromatic nitrogens is 2. The van der Waals surface area contributed by atoms with Crippen LogP contribution in [0.5, 0.6) is 0 Å². The third kappa shape index (κ3) is 5.08. The standard InChI is InChI=1S/C20H19N5O3S/c1-2-24-18-12-6-4-10-16(18)22-20(24)29-14-19(26)23-21-13-7-9-15-8-3-5-11-17(15)25(27)28/h3-13H,2,14H2,1H3,(H,23,26)/b9-7+,21-13-. The summed E-state index contributed by atoms with van der Waals surface area (Å²) in [4.78, 5) is 27.1. The average molecular weight is 409 g/mol. The van der Waals surface area contributed by atoms with Gasteiger partial charge in [0, 0.05) is 18.8 Å². The van der Waals surface area contributed by atoms with Gasteiger partial charge in [0.2, 0.25) is 0 Å². The van der Waals surface area contributed by atoms with E-state index < -0.39 is 4.92 Å². The smallest absolute Gasteiger partial charge is 0.276 e. The highest BCUT2D eigenvalue weighted by Gasteiger charge is 2.11. The van der Waals surface area contributed by atoms with Crippen LogP contribution in [0.3, 0.4) is 0 Å². The summed E-state index contributed by atoms with van der Waals surface area (Å²) in [5, 5.41) is 15.6. The number of carbonyl (C=O) groups is 1. The van der Waals surface area contributed by atoms with E-state index >= 15 is 0 Å². The first-order chi connectivity index (χ1) is 14.1. The highest BCUT2D eigenvalue weighted by Crippen LogP contribution is 2.23. The van der Waals surface area contributed by atoms with Crippen molar-refractivity contribution in [3.05, 3.63) is 70.3 Å². The summed E-state index contributed by atoms with van der Waals surface area (Å²) in [5.74, 6) is -0.0887. The molecule has 0 atom stereocenters. The van der Waals surface area contributed by atoms with Gasteiger partial charge in [0.15, 0.2) is 5.16 Å². The van der Waals surface area contributed by atoms with Gasteiger partial charge in [-0.1, -0.05) is 36.0 Å². The number of nitrogens with zero attached hydrogens (tertiary/aromatic N) is 4. The Morgan fingerprint density at radius 2 is 2.03 bits per heavy atom. The number of aryl methyl sites for hydroxylation is 1. The molecule has 3 rings (SSSR count). The SMILES string of the molecule is CCn1c(SCC(=O)N/N=C\C=C\c2ccccc2[N+](=O)[O-])nc2ccccc21. The minimum atomic E-state index is -0.445. The van der Waals surface area contributed by atoms with Crippen LogP contribution in [0.1, 0.15) is 12.5 Å². The number of nitro groups is 1. The molecule has 1 heterocycles. The second kappa shape index (κ2) is 9.65. The molecule has 0 bridgehead atoms. The van der Waals surface area contributed by atoms with Crippen LogP contribution in [0.15, 0.2) is 64.9 Å². The van der Waals surface area contributed by atoms with Gasteiger partial charge in [-0.3, -0.25) is 14.9 Å². The lowest BCUT2D eigenvalue weighted by Gasteiger charge is -2.04. The molecule has 0 aliphatic heterocycles. The third-order valence-electron chi connectivity index (χ3n) is 4.03. The van der Waals surface area contributed by atoms with Crippen LogP contribution in [-0.4, -0.2) is 32.3 Å². The summed E-state index contributed by atoms with van der Waals surface area (Å²) >= 11 is 1.34. The Hall–Kier alpha value is -3.46. The second-order valence-electron chi connectivity index (χ2n) is 5.90. The number of nitro benzene ring substituents is 1. The number of rotatable bonds is 8. The molecule has 9 heteroatoms. The zero-order chi connectivity index (χ0) is 20.6. The van der Waals surface area contributed by atoms with Gasteiger partial charge in [-0.2, -0.15) is 5.10 Å². The number of benzene rings is 2. The Balaban J connectivity index is 1.54. The number of para-hydroxylation sites is 3. The van der Waals surface area contributed by atoms with Gasteiger partial charge in [-0.05, 0) is 37.3 Å². The lowest BCUT2D eigenvalue weighted by Crippen LogP contribution is -2.19. The number of thioether (sulfide) groups is 1. The van der Waals surface area contributed by atoms with Gasteiger partial charge in [0.05, 0.1) is 27.3 Å². The highest BCUT2D eigenvalue weighted by atomic mass is 32.2. The maximum atomic E-state index is 12.0. The molecule has 1 N–H and O–H groups in total. The molecule has 1 amide bonds.